The maximum absolute atomic E-state index is 3.44. The SMILES string of the molecule is CCN(CCCNc1ccccc1)C(C)C. The first-order chi connectivity index (χ1) is 7.74. The highest BCUT2D eigenvalue weighted by Crippen LogP contribution is 2.05. The van der Waals surface area contributed by atoms with Gasteiger partial charge in [0, 0.05) is 24.8 Å². The standard InChI is InChI=1S/C14H24N2/c1-4-16(13(2)3)12-8-11-15-14-9-6-5-7-10-14/h5-7,9-10,13,15H,4,8,11-12H2,1-3H3. The van der Waals surface area contributed by atoms with Crippen molar-refractivity contribution in [3.8, 4) is 0 Å². The number of benzene rings is 1. The third-order valence-electron chi connectivity index (χ3n) is 2.86. The summed E-state index contributed by atoms with van der Waals surface area (Å²) in [5, 5.41) is 3.44. The normalized spacial score (nSPS) is 11.1. The molecule has 0 heterocycles. The maximum atomic E-state index is 3.44. The molecule has 2 heteroatoms. The van der Waals surface area contributed by atoms with E-state index in [9.17, 15) is 0 Å². The number of hydrogen-bond donors (Lipinski definition) is 1. The Bertz CT molecular complexity index is 269. The molecule has 1 rings (SSSR count). The van der Waals surface area contributed by atoms with Gasteiger partial charge in [0.2, 0.25) is 0 Å². The Hall–Kier alpha value is -1.02. The largest absolute Gasteiger partial charge is 0.385 e. The number of nitrogens with zero attached hydrogens (tertiary/aromatic N) is 1. The second-order valence-electron chi connectivity index (χ2n) is 4.37. The molecule has 1 aromatic rings. The smallest absolute Gasteiger partial charge is 0.0340 e. The van der Waals surface area contributed by atoms with E-state index >= 15 is 0 Å². The summed E-state index contributed by atoms with van der Waals surface area (Å²) in [4.78, 5) is 2.49. The molecule has 16 heavy (non-hydrogen) atoms. The summed E-state index contributed by atoms with van der Waals surface area (Å²) in [6.45, 7) is 10.1. The molecule has 0 amide bonds. The van der Waals surface area contributed by atoms with Crippen molar-refractivity contribution in [1.82, 2.24) is 4.90 Å². The minimum atomic E-state index is 0.654. The van der Waals surface area contributed by atoms with Crippen LogP contribution in [0.4, 0.5) is 5.69 Å². The zero-order valence-corrected chi connectivity index (χ0v) is 10.7. The molecule has 0 spiro atoms. The average molecular weight is 220 g/mol. The van der Waals surface area contributed by atoms with Crippen molar-refractivity contribution in [3.63, 3.8) is 0 Å². The van der Waals surface area contributed by atoms with Crippen LogP contribution in [-0.2, 0) is 0 Å². The highest BCUT2D eigenvalue weighted by molar-refractivity contribution is 5.42. The molecule has 0 fully saturated rings. The minimum Gasteiger partial charge on any atom is -0.385 e. The van der Waals surface area contributed by atoms with Crippen molar-refractivity contribution < 1.29 is 0 Å². The van der Waals surface area contributed by atoms with Gasteiger partial charge in [0.05, 0.1) is 0 Å². The molecule has 0 aliphatic heterocycles. The molecule has 0 saturated heterocycles. The first kappa shape index (κ1) is 13.0. The number of rotatable bonds is 7. The van der Waals surface area contributed by atoms with Gasteiger partial charge in [0.25, 0.3) is 0 Å². The van der Waals surface area contributed by atoms with Crippen molar-refractivity contribution in [3.05, 3.63) is 30.3 Å². The molecule has 0 bridgehead atoms. The number of nitrogens with one attached hydrogen (secondary N) is 1. The Morgan fingerprint density at radius 3 is 2.44 bits per heavy atom. The van der Waals surface area contributed by atoms with Crippen LogP contribution < -0.4 is 5.32 Å². The fourth-order valence-electron chi connectivity index (χ4n) is 1.85. The fourth-order valence-corrected chi connectivity index (χ4v) is 1.85. The molecule has 0 saturated carbocycles. The van der Waals surface area contributed by atoms with Crippen molar-refractivity contribution >= 4 is 5.69 Å². The third kappa shape index (κ3) is 4.67. The van der Waals surface area contributed by atoms with Gasteiger partial charge < -0.3 is 10.2 Å². The van der Waals surface area contributed by atoms with Crippen LogP contribution in [0.25, 0.3) is 0 Å². The van der Waals surface area contributed by atoms with Crippen LogP contribution in [0.1, 0.15) is 27.2 Å². The highest BCUT2D eigenvalue weighted by atomic mass is 15.1. The molecule has 0 aliphatic carbocycles. The highest BCUT2D eigenvalue weighted by Gasteiger charge is 2.05. The van der Waals surface area contributed by atoms with E-state index in [-0.39, 0.29) is 0 Å². The van der Waals surface area contributed by atoms with E-state index < -0.39 is 0 Å². The molecule has 0 unspecified atom stereocenters. The number of anilines is 1. The monoisotopic (exact) mass is 220 g/mol. The van der Waals surface area contributed by atoms with Crippen LogP contribution >= 0.6 is 0 Å². The van der Waals surface area contributed by atoms with Gasteiger partial charge in [-0.3, -0.25) is 0 Å². The second-order valence-corrected chi connectivity index (χ2v) is 4.37. The number of para-hydroxylation sites is 1. The minimum absolute atomic E-state index is 0.654. The summed E-state index contributed by atoms with van der Waals surface area (Å²) in [5.41, 5.74) is 1.22. The Kier molecular flexibility index (Phi) is 5.94. The van der Waals surface area contributed by atoms with E-state index in [1.54, 1.807) is 0 Å². The third-order valence-corrected chi connectivity index (χ3v) is 2.86. The quantitative estimate of drug-likeness (QED) is 0.710. The van der Waals surface area contributed by atoms with Gasteiger partial charge in [0.1, 0.15) is 0 Å². The molecule has 1 aromatic carbocycles. The molecule has 1 N–H and O–H groups in total. The van der Waals surface area contributed by atoms with E-state index in [0.29, 0.717) is 6.04 Å². The van der Waals surface area contributed by atoms with Crippen LogP contribution in [0, 0.1) is 0 Å². The Morgan fingerprint density at radius 1 is 1.19 bits per heavy atom. The van der Waals surface area contributed by atoms with Crippen LogP contribution in [0.2, 0.25) is 0 Å². The molecule has 0 aliphatic rings. The first-order valence-corrected chi connectivity index (χ1v) is 6.27. The molecule has 0 radical (unpaired) electrons. The lowest BCUT2D eigenvalue weighted by atomic mass is 10.2. The van der Waals surface area contributed by atoms with Gasteiger partial charge in [-0.15, -0.1) is 0 Å². The van der Waals surface area contributed by atoms with Crippen molar-refractivity contribution in [1.29, 1.82) is 0 Å². The summed E-state index contributed by atoms with van der Waals surface area (Å²) in [7, 11) is 0. The van der Waals surface area contributed by atoms with Gasteiger partial charge in [-0.05, 0) is 38.9 Å². The summed E-state index contributed by atoms with van der Waals surface area (Å²) < 4.78 is 0. The lowest BCUT2D eigenvalue weighted by Crippen LogP contribution is -2.32. The summed E-state index contributed by atoms with van der Waals surface area (Å²) >= 11 is 0. The van der Waals surface area contributed by atoms with Crippen LogP contribution in [0.15, 0.2) is 30.3 Å². The molecular weight excluding hydrogens is 196 g/mol. The Morgan fingerprint density at radius 2 is 1.88 bits per heavy atom. The van der Waals surface area contributed by atoms with Gasteiger partial charge in [-0.2, -0.15) is 0 Å². The predicted molar refractivity (Wildman–Crippen MR) is 71.9 cm³/mol. The molecule has 0 atom stereocenters. The van der Waals surface area contributed by atoms with Crippen molar-refractivity contribution in [2.75, 3.05) is 25.0 Å². The van der Waals surface area contributed by atoms with E-state index in [0.717, 1.165) is 13.1 Å². The number of hydrogen-bond acceptors (Lipinski definition) is 2. The summed E-state index contributed by atoms with van der Waals surface area (Å²) in [5.74, 6) is 0. The van der Waals surface area contributed by atoms with Gasteiger partial charge in [0.15, 0.2) is 0 Å². The maximum Gasteiger partial charge on any atom is 0.0340 e. The zero-order chi connectivity index (χ0) is 11.8. The van der Waals surface area contributed by atoms with Gasteiger partial charge in [-0.25, -0.2) is 0 Å². The van der Waals surface area contributed by atoms with Gasteiger partial charge >= 0.3 is 0 Å². The molecule has 2 nitrogen and oxygen atoms in total. The molecule has 90 valence electrons. The fraction of sp³-hybridized carbons (Fsp3) is 0.571. The van der Waals surface area contributed by atoms with E-state index in [4.69, 9.17) is 0 Å². The summed E-state index contributed by atoms with van der Waals surface area (Å²) in [6.07, 6.45) is 1.20. The first-order valence-electron chi connectivity index (χ1n) is 6.27. The average Bonchev–Trinajstić information content (AvgIpc) is 2.30. The van der Waals surface area contributed by atoms with Crippen LogP contribution in [0.5, 0.6) is 0 Å². The topological polar surface area (TPSA) is 15.3 Å². The molecular formula is C14H24N2. The zero-order valence-electron chi connectivity index (χ0n) is 10.7. The van der Waals surface area contributed by atoms with E-state index in [1.165, 1.54) is 18.7 Å². The predicted octanol–water partition coefficient (Wildman–Crippen LogP) is 3.22. The second kappa shape index (κ2) is 7.29. The van der Waals surface area contributed by atoms with Crippen molar-refractivity contribution in [2.24, 2.45) is 0 Å². The van der Waals surface area contributed by atoms with Gasteiger partial charge in [-0.1, -0.05) is 25.1 Å². The van der Waals surface area contributed by atoms with E-state index in [1.807, 2.05) is 6.07 Å². The van der Waals surface area contributed by atoms with Crippen LogP contribution in [-0.4, -0.2) is 30.6 Å². The Labute approximate surface area is 99.7 Å². The van der Waals surface area contributed by atoms with Crippen LogP contribution in [0.3, 0.4) is 0 Å². The van der Waals surface area contributed by atoms with Crippen molar-refractivity contribution in [2.45, 2.75) is 33.2 Å². The lowest BCUT2D eigenvalue weighted by Gasteiger charge is -2.24. The Balaban J connectivity index is 2.16. The van der Waals surface area contributed by atoms with E-state index in [2.05, 4.69) is 55.3 Å². The molecule has 0 aromatic heterocycles. The summed E-state index contributed by atoms with van der Waals surface area (Å²) in [6, 6.07) is 11.0. The lowest BCUT2D eigenvalue weighted by molar-refractivity contribution is 0.233.